The van der Waals surface area contributed by atoms with E-state index in [-0.39, 0.29) is 18.3 Å². The van der Waals surface area contributed by atoms with Gasteiger partial charge in [0.15, 0.2) is 5.82 Å². The van der Waals surface area contributed by atoms with Gasteiger partial charge in [0.2, 0.25) is 0 Å². The van der Waals surface area contributed by atoms with Crippen molar-refractivity contribution in [2.24, 2.45) is 5.92 Å². The van der Waals surface area contributed by atoms with Crippen LogP contribution in [0.25, 0.3) is 0 Å². The quantitative estimate of drug-likeness (QED) is 0.797. The monoisotopic (exact) mass is 412 g/mol. The van der Waals surface area contributed by atoms with Gasteiger partial charge < -0.3 is 9.63 Å². The molecule has 1 aromatic carbocycles. The summed E-state index contributed by atoms with van der Waals surface area (Å²) in [5.74, 6) is 0.743. The van der Waals surface area contributed by atoms with Crippen LogP contribution in [-0.4, -0.2) is 41.0 Å². The summed E-state index contributed by atoms with van der Waals surface area (Å²) in [7, 11) is 0. The van der Waals surface area contributed by atoms with Crippen LogP contribution in [0.3, 0.4) is 0 Å². The van der Waals surface area contributed by atoms with Gasteiger partial charge in [0.05, 0.1) is 17.9 Å². The summed E-state index contributed by atoms with van der Waals surface area (Å²) in [5, 5.41) is 18.9. The third-order valence-corrected chi connectivity index (χ3v) is 4.80. The van der Waals surface area contributed by atoms with E-state index in [0.717, 1.165) is 12.1 Å². The molecular weight excluding hydrogens is 389 g/mol. The predicted molar refractivity (Wildman–Crippen MR) is 100 cm³/mol. The Morgan fingerprint density at radius 3 is 2.52 bits per heavy atom. The van der Waals surface area contributed by atoms with Gasteiger partial charge in [0.25, 0.3) is 0 Å². The second-order valence-corrected chi connectivity index (χ2v) is 7.86. The van der Waals surface area contributed by atoms with Gasteiger partial charge in [-0.2, -0.15) is 13.2 Å². The molecule has 1 unspecified atom stereocenters. The van der Waals surface area contributed by atoms with Crippen LogP contribution in [0.4, 0.5) is 29.5 Å². The number of alkyl halides is 3. The van der Waals surface area contributed by atoms with Crippen LogP contribution in [-0.2, 0) is 11.6 Å². The molecule has 0 radical (unpaired) electrons. The summed E-state index contributed by atoms with van der Waals surface area (Å²) < 4.78 is 43.6. The fraction of sp³-hybridized carbons (Fsp3) is 0.474. The van der Waals surface area contributed by atoms with Gasteiger partial charge in [0.1, 0.15) is 5.76 Å². The highest BCUT2D eigenvalue weighted by molar-refractivity contribution is 5.89. The highest BCUT2D eigenvalue weighted by atomic mass is 19.4. The molecule has 3 rings (SSSR count). The van der Waals surface area contributed by atoms with Gasteiger partial charge in [-0.25, -0.2) is 9.80 Å². The lowest BCUT2D eigenvalue weighted by Gasteiger charge is -2.29. The van der Waals surface area contributed by atoms with Crippen molar-refractivity contribution in [2.45, 2.75) is 32.4 Å². The van der Waals surface area contributed by atoms with Crippen molar-refractivity contribution in [3.05, 3.63) is 41.7 Å². The number of rotatable bonds is 4. The minimum absolute atomic E-state index is 0.129. The molecule has 2 aromatic rings. The molecule has 7 nitrogen and oxygen atoms in total. The SMILES string of the molecule is CC1CN(C(=O)Nc2cc(C(C)(C)CO)on2)N(c2ccc(C(F)(F)F)cc2)C1. The molecule has 1 saturated heterocycles. The summed E-state index contributed by atoms with van der Waals surface area (Å²) in [6.45, 7) is 6.23. The summed E-state index contributed by atoms with van der Waals surface area (Å²) in [6, 6.07) is 5.75. The van der Waals surface area contributed by atoms with E-state index in [2.05, 4.69) is 10.5 Å². The van der Waals surface area contributed by atoms with Crippen molar-refractivity contribution in [1.29, 1.82) is 0 Å². The highest BCUT2D eigenvalue weighted by Gasteiger charge is 2.34. The molecule has 29 heavy (non-hydrogen) atoms. The normalized spacial score (nSPS) is 17.7. The van der Waals surface area contributed by atoms with E-state index < -0.39 is 23.2 Å². The fourth-order valence-electron chi connectivity index (χ4n) is 3.01. The summed E-state index contributed by atoms with van der Waals surface area (Å²) in [5.41, 5.74) is -0.907. The number of aliphatic hydroxyl groups excluding tert-OH is 1. The van der Waals surface area contributed by atoms with E-state index >= 15 is 0 Å². The molecule has 0 saturated carbocycles. The van der Waals surface area contributed by atoms with E-state index in [1.165, 1.54) is 23.2 Å². The number of nitrogens with one attached hydrogen (secondary N) is 1. The standard InChI is InChI=1S/C19H23F3N4O3/c1-12-9-25(14-6-4-13(5-7-14)19(20,21)22)26(10-12)17(28)23-16-8-15(29-24-16)18(2,3)11-27/h4-8,12,27H,9-11H2,1-3H3,(H,23,24,28). The molecular formula is C19H23F3N4O3. The third-order valence-electron chi connectivity index (χ3n) is 4.80. The van der Waals surface area contributed by atoms with Gasteiger partial charge in [-0.1, -0.05) is 25.9 Å². The Balaban J connectivity index is 1.75. The molecule has 1 aromatic heterocycles. The smallest absolute Gasteiger partial charge is 0.395 e. The van der Waals surface area contributed by atoms with Crippen LogP contribution < -0.4 is 10.3 Å². The largest absolute Gasteiger partial charge is 0.416 e. The van der Waals surface area contributed by atoms with Crippen molar-refractivity contribution >= 4 is 17.5 Å². The molecule has 158 valence electrons. The Morgan fingerprint density at radius 1 is 1.28 bits per heavy atom. The van der Waals surface area contributed by atoms with Crippen LogP contribution in [0.1, 0.15) is 32.1 Å². The molecule has 10 heteroatoms. The average molecular weight is 412 g/mol. The van der Waals surface area contributed by atoms with Gasteiger partial charge >= 0.3 is 12.2 Å². The first-order chi connectivity index (χ1) is 13.5. The van der Waals surface area contributed by atoms with E-state index in [1.54, 1.807) is 18.9 Å². The molecule has 1 aliphatic rings. The molecule has 0 spiro atoms. The molecule has 2 heterocycles. The number of hydrogen-bond donors (Lipinski definition) is 2. The molecule has 1 atom stereocenters. The summed E-state index contributed by atoms with van der Waals surface area (Å²) in [6.07, 6.45) is -4.42. The number of hydrogen-bond acceptors (Lipinski definition) is 5. The number of carbonyl (C=O) groups excluding carboxylic acids is 1. The molecule has 1 fully saturated rings. The number of nitrogens with zero attached hydrogens (tertiary/aromatic N) is 3. The third kappa shape index (κ3) is 4.47. The maximum absolute atomic E-state index is 12.8. The van der Waals surface area contributed by atoms with E-state index in [9.17, 15) is 23.1 Å². The second-order valence-electron chi connectivity index (χ2n) is 7.86. The van der Waals surface area contributed by atoms with Crippen molar-refractivity contribution in [1.82, 2.24) is 10.2 Å². The molecule has 1 aliphatic heterocycles. The first kappa shape index (κ1) is 21.0. The summed E-state index contributed by atoms with van der Waals surface area (Å²) in [4.78, 5) is 12.8. The lowest BCUT2D eigenvalue weighted by Crippen LogP contribution is -2.43. The van der Waals surface area contributed by atoms with E-state index in [4.69, 9.17) is 4.52 Å². The van der Waals surface area contributed by atoms with E-state index in [1.807, 2.05) is 6.92 Å². The number of amides is 2. The van der Waals surface area contributed by atoms with Gasteiger partial charge in [-0.3, -0.25) is 10.3 Å². The number of hydrazine groups is 1. The number of benzene rings is 1. The van der Waals surface area contributed by atoms with Crippen molar-refractivity contribution < 1.29 is 27.6 Å². The van der Waals surface area contributed by atoms with E-state index in [0.29, 0.717) is 24.5 Å². The van der Waals surface area contributed by atoms with Crippen LogP contribution in [0, 0.1) is 5.92 Å². The first-order valence-electron chi connectivity index (χ1n) is 9.12. The highest BCUT2D eigenvalue weighted by Crippen LogP contribution is 2.32. The Labute approximate surface area is 166 Å². The van der Waals surface area contributed by atoms with Crippen molar-refractivity contribution in [3.8, 4) is 0 Å². The Bertz CT molecular complexity index is 864. The van der Waals surface area contributed by atoms with Gasteiger partial charge in [-0.05, 0) is 30.2 Å². The van der Waals surface area contributed by atoms with Crippen LogP contribution in [0.15, 0.2) is 34.9 Å². The summed E-state index contributed by atoms with van der Waals surface area (Å²) >= 11 is 0. The lowest BCUT2D eigenvalue weighted by atomic mass is 9.92. The van der Waals surface area contributed by atoms with Gasteiger partial charge in [-0.15, -0.1) is 0 Å². The Morgan fingerprint density at radius 2 is 1.93 bits per heavy atom. The second kappa shape index (κ2) is 7.58. The van der Waals surface area contributed by atoms with Gasteiger partial charge in [0, 0.05) is 24.6 Å². The maximum atomic E-state index is 12.8. The number of urea groups is 1. The van der Waals surface area contributed by atoms with Crippen LogP contribution in [0.2, 0.25) is 0 Å². The van der Waals surface area contributed by atoms with Crippen LogP contribution >= 0.6 is 0 Å². The zero-order valence-electron chi connectivity index (χ0n) is 16.3. The molecule has 2 amide bonds. The zero-order valence-corrected chi connectivity index (χ0v) is 16.3. The van der Waals surface area contributed by atoms with Crippen molar-refractivity contribution in [2.75, 3.05) is 30.0 Å². The number of aliphatic hydroxyl groups is 1. The number of aromatic nitrogens is 1. The molecule has 2 N–H and O–H groups in total. The zero-order chi connectivity index (χ0) is 21.4. The average Bonchev–Trinajstić information content (AvgIpc) is 3.28. The fourth-order valence-corrected chi connectivity index (χ4v) is 3.01. The minimum Gasteiger partial charge on any atom is -0.395 e. The van der Waals surface area contributed by atoms with Crippen molar-refractivity contribution in [3.63, 3.8) is 0 Å². The first-order valence-corrected chi connectivity index (χ1v) is 9.12. The number of carbonyl (C=O) groups is 1. The van der Waals surface area contributed by atoms with Crippen LogP contribution in [0.5, 0.6) is 0 Å². The predicted octanol–water partition coefficient (Wildman–Crippen LogP) is 3.87. The lowest BCUT2D eigenvalue weighted by molar-refractivity contribution is -0.137. The molecule has 0 aliphatic carbocycles. The Hall–Kier alpha value is -2.75. The topological polar surface area (TPSA) is 81.8 Å². The number of anilines is 2. The Kier molecular flexibility index (Phi) is 5.48. The number of halogens is 3. The molecule has 0 bridgehead atoms. The minimum atomic E-state index is -4.42. The maximum Gasteiger partial charge on any atom is 0.416 e.